The average Bonchev–Trinajstić information content (AvgIpc) is 3.45. The van der Waals surface area contributed by atoms with Gasteiger partial charge in [0, 0.05) is 24.7 Å². The van der Waals surface area contributed by atoms with Crippen molar-refractivity contribution < 1.29 is 5.11 Å². The molecular formula is C24H27ClN8O. The molecule has 0 unspecified atom stereocenters. The summed E-state index contributed by atoms with van der Waals surface area (Å²) in [6.45, 7) is 3.71. The van der Waals surface area contributed by atoms with Crippen LogP contribution in [0.3, 0.4) is 0 Å². The molecule has 1 aliphatic rings. The Morgan fingerprint density at radius 2 is 2.03 bits per heavy atom. The lowest BCUT2D eigenvalue weighted by molar-refractivity contribution is 0.276. The van der Waals surface area contributed by atoms with E-state index in [0.717, 1.165) is 12.8 Å². The van der Waals surface area contributed by atoms with Gasteiger partial charge in [-0.1, -0.05) is 30.9 Å². The summed E-state index contributed by atoms with van der Waals surface area (Å²) in [6.07, 6.45) is 5.87. The van der Waals surface area contributed by atoms with E-state index in [1.54, 1.807) is 4.68 Å². The van der Waals surface area contributed by atoms with E-state index >= 15 is 0 Å². The lowest BCUT2D eigenvalue weighted by Crippen LogP contribution is -2.34. The molecule has 1 aliphatic carbocycles. The minimum atomic E-state index is -0.230. The highest BCUT2D eigenvalue weighted by atomic mass is 35.5. The van der Waals surface area contributed by atoms with Gasteiger partial charge in [-0.05, 0) is 38.8 Å². The molecule has 0 atom stereocenters. The Kier molecular flexibility index (Phi) is 5.88. The molecule has 0 aliphatic heterocycles. The fourth-order valence-corrected chi connectivity index (χ4v) is 5.25. The van der Waals surface area contributed by atoms with Gasteiger partial charge in [0.2, 0.25) is 5.65 Å². The molecule has 0 radical (unpaired) electrons. The zero-order valence-electron chi connectivity index (χ0n) is 19.5. The van der Waals surface area contributed by atoms with Crippen LogP contribution in [0, 0.1) is 11.3 Å². The third kappa shape index (κ3) is 3.58. The first kappa shape index (κ1) is 22.6. The maximum absolute atomic E-state index is 10.1. The minimum Gasteiger partial charge on any atom is -0.390 e. The van der Waals surface area contributed by atoms with Gasteiger partial charge in [-0.3, -0.25) is 9.78 Å². The van der Waals surface area contributed by atoms with Crippen LogP contribution in [-0.2, 0) is 6.61 Å². The van der Waals surface area contributed by atoms with Crippen molar-refractivity contribution in [2.45, 2.75) is 64.6 Å². The minimum absolute atomic E-state index is 0.0205. The second-order valence-electron chi connectivity index (χ2n) is 9.15. The Bertz CT molecular complexity index is 1410. The van der Waals surface area contributed by atoms with Gasteiger partial charge in [0.15, 0.2) is 5.82 Å². The van der Waals surface area contributed by atoms with Crippen molar-refractivity contribution in [3.8, 4) is 17.3 Å². The molecule has 0 amide bonds. The lowest BCUT2D eigenvalue weighted by atomic mass is 9.94. The van der Waals surface area contributed by atoms with Crippen LogP contribution in [-0.4, -0.2) is 48.1 Å². The van der Waals surface area contributed by atoms with Gasteiger partial charge in [-0.2, -0.15) is 15.5 Å². The van der Waals surface area contributed by atoms with Crippen molar-refractivity contribution in [2.24, 2.45) is 0 Å². The molecule has 5 rings (SSSR count). The molecule has 3 heterocycles. The molecule has 34 heavy (non-hydrogen) atoms. The molecule has 1 aromatic carbocycles. The number of benzene rings is 1. The van der Waals surface area contributed by atoms with Crippen molar-refractivity contribution >= 4 is 39.5 Å². The van der Waals surface area contributed by atoms with Crippen LogP contribution in [0.4, 0.5) is 5.82 Å². The Balaban J connectivity index is 1.64. The average molecular weight is 479 g/mol. The highest BCUT2D eigenvalue weighted by Gasteiger charge is 2.25. The maximum atomic E-state index is 10.1. The van der Waals surface area contributed by atoms with E-state index in [2.05, 4.69) is 26.3 Å². The Labute approximate surface area is 202 Å². The van der Waals surface area contributed by atoms with Crippen LogP contribution in [0.1, 0.15) is 63.4 Å². The number of aliphatic hydroxyl groups is 1. The quantitative estimate of drug-likeness (QED) is 0.425. The van der Waals surface area contributed by atoms with Crippen molar-refractivity contribution in [3.05, 3.63) is 28.5 Å². The molecule has 0 bridgehead atoms. The highest BCUT2D eigenvalue weighted by molar-refractivity contribution is 6.38. The molecule has 3 aromatic heterocycles. The molecule has 9 nitrogen and oxygen atoms in total. The van der Waals surface area contributed by atoms with Crippen LogP contribution < -0.4 is 4.90 Å². The molecule has 4 aromatic rings. The fourth-order valence-electron chi connectivity index (χ4n) is 4.91. The van der Waals surface area contributed by atoms with Gasteiger partial charge in [-0.15, -0.1) is 0 Å². The van der Waals surface area contributed by atoms with E-state index < -0.39 is 0 Å². The van der Waals surface area contributed by atoms with E-state index in [0.29, 0.717) is 61.6 Å². The number of rotatable bonds is 5. The summed E-state index contributed by atoms with van der Waals surface area (Å²) in [5, 5.41) is 32.9. The second-order valence-corrected chi connectivity index (χ2v) is 9.52. The van der Waals surface area contributed by atoms with E-state index in [1.807, 2.05) is 33.0 Å². The molecule has 2 N–H and O–H groups in total. The first-order valence-electron chi connectivity index (χ1n) is 11.6. The van der Waals surface area contributed by atoms with E-state index in [4.69, 9.17) is 21.6 Å². The number of H-pyrrole nitrogens is 1. The number of hydrogen-bond acceptors (Lipinski definition) is 7. The Morgan fingerprint density at radius 1 is 1.26 bits per heavy atom. The summed E-state index contributed by atoms with van der Waals surface area (Å²) < 4.78 is 1.68. The topological polar surface area (TPSA) is 120 Å². The third-order valence-electron chi connectivity index (χ3n) is 6.71. The van der Waals surface area contributed by atoms with Crippen LogP contribution in [0.25, 0.3) is 33.3 Å². The zero-order chi connectivity index (χ0) is 24.0. The molecule has 10 heteroatoms. The highest BCUT2D eigenvalue weighted by Crippen LogP contribution is 2.38. The van der Waals surface area contributed by atoms with E-state index in [-0.39, 0.29) is 12.6 Å². The van der Waals surface area contributed by atoms with Crippen LogP contribution in [0.15, 0.2) is 12.1 Å². The van der Waals surface area contributed by atoms with Gasteiger partial charge < -0.3 is 10.0 Å². The summed E-state index contributed by atoms with van der Waals surface area (Å²) in [7, 11) is 2.01. The van der Waals surface area contributed by atoms with Gasteiger partial charge in [0.1, 0.15) is 23.0 Å². The predicted octanol–water partition coefficient (Wildman–Crippen LogP) is 4.74. The summed E-state index contributed by atoms with van der Waals surface area (Å²) in [5.41, 5.74) is 3.81. The number of aromatic nitrogens is 6. The van der Waals surface area contributed by atoms with Crippen LogP contribution >= 0.6 is 11.6 Å². The molecular weight excluding hydrogens is 452 g/mol. The SMILES string of the molecule is CC(C)n1nc2ccc(-c3[nH]nc4nc(N(C)C5CCCCC5)c(CO)nc34)c(Cl)c2c1C#N. The summed E-state index contributed by atoms with van der Waals surface area (Å²) in [4.78, 5) is 11.6. The third-order valence-corrected chi connectivity index (χ3v) is 7.10. The standard InChI is InChI=1S/C24H27ClN8O/c1-13(2)33-18(11-26)19-16(31-33)10-9-15(20(19)25)21-22-23(30-29-21)28-24(17(12-34)27-22)32(3)14-7-5-4-6-8-14/h9-10,13-14,34H,4-8,12H2,1-3H3,(H,28,29,30). The Hall–Kier alpha value is -3.22. The summed E-state index contributed by atoms with van der Waals surface area (Å²) >= 11 is 6.83. The van der Waals surface area contributed by atoms with Crippen LogP contribution in [0.2, 0.25) is 5.02 Å². The van der Waals surface area contributed by atoms with Gasteiger partial charge in [0.05, 0.1) is 28.2 Å². The predicted molar refractivity (Wildman–Crippen MR) is 132 cm³/mol. The molecule has 1 fully saturated rings. The molecule has 176 valence electrons. The lowest BCUT2D eigenvalue weighted by Gasteiger charge is -2.32. The summed E-state index contributed by atoms with van der Waals surface area (Å²) in [5.74, 6) is 0.659. The fraction of sp³-hybridized carbons (Fsp3) is 0.458. The molecule has 0 spiro atoms. The van der Waals surface area contributed by atoms with Gasteiger partial charge in [0.25, 0.3) is 0 Å². The monoisotopic (exact) mass is 478 g/mol. The van der Waals surface area contributed by atoms with Gasteiger partial charge in [-0.25, -0.2) is 9.97 Å². The van der Waals surface area contributed by atoms with Crippen molar-refractivity contribution in [1.82, 2.24) is 29.9 Å². The number of nitriles is 1. The number of halogens is 1. The summed E-state index contributed by atoms with van der Waals surface area (Å²) in [6, 6.07) is 6.33. The van der Waals surface area contributed by atoms with Crippen LogP contribution in [0.5, 0.6) is 0 Å². The number of aliphatic hydroxyl groups excluding tert-OH is 1. The smallest absolute Gasteiger partial charge is 0.202 e. The van der Waals surface area contributed by atoms with E-state index in [9.17, 15) is 10.4 Å². The van der Waals surface area contributed by atoms with Gasteiger partial charge >= 0.3 is 0 Å². The second kappa shape index (κ2) is 8.85. The number of nitrogens with one attached hydrogen (secondary N) is 1. The molecule has 1 saturated carbocycles. The Morgan fingerprint density at radius 3 is 2.71 bits per heavy atom. The zero-order valence-corrected chi connectivity index (χ0v) is 20.3. The normalized spacial score (nSPS) is 14.9. The maximum Gasteiger partial charge on any atom is 0.202 e. The number of aromatic amines is 1. The first-order chi connectivity index (χ1) is 16.4. The van der Waals surface area contributed by atoms with E-state index in [1.165, 1.54) is 19.3 Å². The first-order valence-corrected chi connectivity index (χ1v) is 12.0. The number of nitrogens with zero attached hydrogens (tertiary/aromatic N) is 7. The number of anilines is 1. The van der Waals surface area contributed by atoms with Crippen molar-refractivity contribution in [2.75, 3.05) is 11.9 Å². The molecule has 0 saturated heterocycles. The number of fused-ring (bicyclic) bond motifs is 2. The largest absolute Gasteiger partial charge is 0.390 e. The van der Waals surface area contributed by atoms with Crippen molar-refractivity contribution in [3.63, 3.8) is 0 Å². The van der Waals surface area contributed by atoms with Crippen molar-refractivity contribution in [1.29, 1.82) is 5.26 Å². The number of hydrogen-bond donors (Lipinski definition) is 2.